The molecule has 108 valence electrons. The van der Waals surface area contributed by atoms with Crippen LogP contribution in [0.1, 0.15) is 23.6 Å². The normalized spacial score (nSPS) is 11.2. The number of rotatable bonds is 5. The highest BCUT2D eigenvalue weighted by Gasteiger charge is 2.06. The van der Waals surface area contributed by atoms with E-state index in [0.29, 0.717) is 12.2 Å². The molecule has 3 heteroatoms. The van der Waals surface area contributed by atoms with E-state index in [0.717, 1.165) is 22.4 Å². The Morgan fingerprint density at radius 2 is 1.81 bits per heavy atom. The monoisotopic (exact) mass is 282 g/mol. The Bertz CT molecular complexity index is 672. The highest BCUT2D eigenvalue weighted by Crippen LogP contribution is 2.22. The number of para-hydroxylation sites is 1. The van der Waals surface area contributed by atoms with Crippen LogP contribution in [0.3, 0.4) is 0 Å². The molecule has 0 aliphatic carbocycles. The molecule has 0 aromatic heterocycles. The van der Waals surface area contributed by atoms with Crippen LogP contribution < -0.4 is 4.74 Å². The summed E-state index contributed by atoms with van der Waals surface area (Å²) in [4.78, 5) is 10.8. The molecule has 3 nitrogen and oxygen atoms in total. The van der Waals surface area contributed by atoms with E-state index < -0.39 is 5.97 Å². The van der Waals surface area contributed by atoms with Crippen molar-refractivity contribution in [2.45, 2.75) is 20.5 Å². The van der Waals surface area contributed by atoms with E-state index in [4.69, 9.17) is 9.84 Å². The molecule has 0 fully saturated rings. The summed E-state index contributed by atoms with van der Waals surface area (Å²) < 4.78 is 5.84. The van der Waals surface area contributed by atoms with Crippen LogP contribution in [0.2, 0.25) is 0 Å². The Kier molecular flexibility index (Phi) is 4.77. The Morgan fingerprint density at radius 3 is 2.52 bits per heavy atom. The molecule has 0 saturated heterocycles. The fourth-order valence-corrected chi connectivity index (χ4v) is 2.17. The number of aryl methyl sites for hydroxylation is 1. The SMILES string of the molecule is CC(=CC(=O)O)c1ccccc1COc1ccccc1C. The molecule has 0 spiro atoms. The molecule has 0 bridgehead atoms. The molecular formula is C18H18O3. The van der Waals surface area contributed by atoms with Gasteiger partial charge in [0.15, 0.2) is 0 Å². The first-order valence-corrected chi connectivity index (χ1v) is 6.76. The molecule has 0 heterocycles. The number of aliphatic carboxylic acids is 1. The molecule has 2 aromatic carbocycles. The van der Waals surface area contributed by atoms with E-state index in [1.54, 1.807) is 6.92 Å². The molecule has 0 aliphatic rings. The highest BCUT2D eigenvalue weighted by molar-refractivity contribution is 5.89. The van der Waals surface area contributed by atoms with Crippen molar-refractivity contribution >= 4 is 11.5 Å². The first-order chi connectivity index (χ1) is 10.1. The molecule has 2 aromatic rings. The van der Waals surface area contributed by atoms with Gasteiger partial charge in [0, 0.05) is 6.08 Å². The minimum Gasteiger partial charge on any atom is -0.489 e. The molecule has 2 rings (SSSR count). The second kappa shape index (κ2) is 6.75. The van der Waals surface area contributed by atoms with Crippen molar-refractivity contribution in [1.82, 2.24) is 0 Å². The van der Waals surface area contributed by atoms with Gasteiger partial charge in [-0.25, -0.2) is 4.79 Å². The predicted octanol–water partition coefficient (Wildman–Crippen LogP) is 4.06. The largest absolute Gasteiger partial charge is 0.489 e. The number of carbonyl (C=O) groups is 1. The second-order valence-electron chi connectivity index (χ2n) is 4.88. The summed E-state index contributed by atoms with van der Waals surface area (Å²) in [5, 5.41) is 8.87. The van der Waals surface area contributed by atoms with Crippen molar-refractivity contribution in [3.8, 4) is 5.75 Å². The molecular weight excluding hydrogens is 264 g/mol. The van der Waals surface area contributed by atoms with Crippen molar-refractivity contribution in [3.05, 3.63) is 71.3 Å². The molecule has 1 N–H and O–H groups in total. The van der Waals surface area contributed by atoms with Crippen molar-refractivity contribution in [1.29, 1.82) is 0 Å². The van der Waals surface area contributed by atoms with Crippen LogP contribution in [-0.2, 0) is 11.4 Å². The molecule has 0 radical (unpaired) electrons. The Balaban J connectivity index is 2.21. The lowest BCUT2D eigenvalue weighted by Gasteiger charge is -2.12. The van der Waals surface area contributed by atoms with Crippen LogP contribution in [-0.4, -0.2) is 11.1 Å². The third-order valence-electron chi connectivity index (χ3n) is 3.26. The maximum Gasteiger partial charge on any atom is 0.328 e. The van der Waals surface area contributed by atoms with Crippen molar-refractivity contribution in [2.24, 2.45) is 0 Å². The number of ether oxygens (including phenoxy) is 1. The minimum atomic E-state index is -0.942. The summed E-state index contributed by atoms with van der Waals surface area (Å²) >= 11 is 0. The van der Waals surface area contributed by atoms with Gasteiger partial charge in [0.25, 0.3) is 0 Å². The van der Waals surface area contributed by atoms with Crippen molar-refractivity contribution < 1.29 is 14.6 Å². The van der Waals surface area contributed by atoms with Crippen LogP contribution >= 0.6 is 0 Å². The third kappa shape index (κ3) is 3.96. The van der Waals surface area contributed by atoms with Crippen LogP contribution in [0.5, 0.6) is 5.75 Å². The number of allylic oxidation sites excluding steroid dienone is 1. The zero-order chi connectivity index (χ0) is 15.2. The zero-order valence-corrected chi connectivity index (χ0v) is 12.2. The van der Waals surface area contributed by atoms with Gasteiger partial charge in [0.05, 0.1) is 0 Å². The fourth-order valence-electron chi connectivity index (χ4n) is 2.17. The van der Waals surface area contributed by atoms with Crippen LogP contribution in [0.4, 0.5) is 0 Å². The summed E-state index contributed by atoms with van der Waals surface area (Å²) in [7, 11) is 0. The third-order valence-corrected chi connectivity index (χ3v) is 3.26. The van der Waals surface area contributed by atoms with Crippen LogP contribution in [0, 0.1) is 6.92 Å². The zero-order valence-electron chi connectivity index (χ0n) is 12.2. The topological polar surface area (TPSA) is 46.5 Å². The van der Waals surface area contributed by atoms with Crippen LogP contribution in [0.15, 0.2) is 54.6 Å². The van der Waals surface area contributed by atoms with Crippen LogP contribution in [0.25, 0.3) is 5.57 Å². The lowest BCUT2D eigenvalue weighted by molar-refractivity contribution is -0.131. The quantitative estimate of drug-likeness (QED) is 0.841. The van der Waals surface area contributed by atoms with E-state index in [1.807, 2.05) is 55.5 Å². The van der Waals surface area contributed by atoms with Gasteiger partial charge in [-0.05, 0) is 42.2 Å². The Hall–Kier alpha value is -2.55. The summed E-state index contributed by atoms with van der Waals surface area (Å²) in [5.74, 6) is -0.103. The summed E-state index contributed by atoms with van der Waals surface area (Å²) in [6.07, 6.45) is 1.21. The minimum absolute atomic E-state index is 0.409. The van der Waals surface area contributed by atoms with E-state index in [-0.39, 0.29) is 0 Å². The van der Waals surface area contributed by atoms with E-state index >= 15 is 0 Å². The highest BCUT2D eigenvalue weighted by atomic mass is 16.5. The van der Waals surface area contributed by atoms with Gasteiger partial charge >= 0.3 is 5.97 Å². The number of carboxylic acids is 1. The van der Waals surface area contributed by atoms with E-state index in [9.17, 15) is 4.79 Å². The smallest absolute Gasteiger partial charge is 0.328 e. The standard InChI is InChI=1S/C18H18O3/c1-13-7-3-6-10-17(13)21-12-15-8-4-5-9-16(15)14(2)11-18(19)20/h3-11H,12H2,1-2H3,(H,19,20). The van der Waals surface area contributed by atoms with E-state index in [1.165, 1.54) is 6.08 Å². The Labute approximate surface area is 124 Å². The van der Waals surface area contributed by atoms with Gasteiger partial charge in [0.2, 0.25) is 0 Å². The fraction of sp³-hybridized carbons (Fsp3) is 0.167. The number of benzene rings is 2. The van der Waals surface area contributed by atoms with Gasteiger partial charge in [-0.15, -0.1) is 0 Å². The molecule has 0 saturated carbocycles. The molecule has 0 aliphatic heterocycles. The molecule has 0 atom stereocenters. The predicted molar refractivity (Wildman–Crippen MR) is 83.2 cm³/mol. The van der Waals surface area contributed by atoms with Crippen molar-refractivity contribution in [3.63, 3.8) is 0 Å². The maximum absolute atomic E-state index is 10.8. The summed E-state index contributed by atoms with van der Waals surface area (Å²) in [6.45, 7) is 4.20. The molecule has 0 unspecified atom stereocenters. The van der Waals surface area contributed by atoms with Gasteiger partial charge in [-0.2, -0.15) is 0 Å². The van der Waals surface area contributed by atoms with Gasteiger partial charge < -0.3 is 9.84 Å². The van der Waals surface area contributed by atoms with Crippen molar-refractivity contribution in [2.75, 3.05) is 0 Å². The molecule has 0 amide bonds. The average Bonchev–Trinajstić information content (AvgIpc) is 2.46. The average molecular weight is 282 g/mol. The second-order valence-corrected chi connectivity index (χ2v) is 4.88. The number of hydrogen-bond donors (Lipinski definition) is 1. The number of carboxylic acid groups (broad SMARTS) is 1. The lowest BCUT2D eigenvalue weighted by Crippen LogP contribution is -2.01. The molecule has 21 heavy (non-hydrogen) atoms. The van der Waals surface area contributed by atoms with Gasteiger partial charge in [-0.3, -0.25) is 0 Å². The van der Waals surface area contributed by atoms with E-state index in [2.05, 4.69) is 0 Å². The summed E-state index contributed by atoms with van der Waals surface area (Å²) in [6, 6.07) is 15.5. The lowest BCUT2D eigenvalue weighted by atomic mass is 10.0. The first-order valence-electron chi connectivity index (χ1n) is 6.76. The first kappa shape index (κ1) is 14.9. The van der Waals surface area contributed by atoms with Gasteiger partial charge in [0.1, 0.15) is 12.4 Å². The Morgan fingerprint density at radius 1 is 1.14 bits per heavy atom. The van der Waals surface area contributed by atoms with Gasteiger partial charge in [-0.1, -0.05) is 42.5 Å². The number of hydrogen-bond acceptors (Lipinski definition) is 2. The summed E-state index contributed by atoms with van der Waals surface area (Å²) in [5.41, 5.74) is 3.66. The maximum atomic E-state index is 10.8.